The van der Waals surface area contributed by atoms with E-state index in [-0.39, 0.29) is 18.6 Å². The van der Waals surface area contributed by atoms with Gasteiger partial charge in [0, 0.05) is 5.70 Å². The average molecular weight is 364 g/mol. The van der Waals surface area contributed by atoms with Crippen LogP contribution in [0.4, 0.5) is 0 Å². The van der Waals surface area contributed by atoms with E-state index in [2.05, 4.69) is 10.6 Å². The van der Waals surface area contributed by atoms with Gasteiger partial charge in [0.2, 0.25) is 0 Å². The van der Waals surface area contributed by atoms with Crippen molar-refractivity contribution in [1.29, 1.82) is 0 Å². The molecule has 0 unspecified atom stereocenters. The molecule has 2 aromatic carbocycles. The number of nitrogens with one attached hydrogen (secondary N) is 2. The Hall–Kier alpha value is -2.92. The van der Waals surface area contributed by atoms with Crippen LogP contribution in [-0.2, 0) is 16.1 Å². The SMILES string of the molecule is CC1=C(C(=O)OCc2ccccc2)[C@H](/C=C/c2ccccc2)NC(=S)N1. The van der Waals surface area contributed by atoms with Crippen molar-refractivity contribution in [2.45, 2.75) is 19.6 Å². The number of carbonyl (C=O) groups excluding carboxylic acids is 1. The van der Waals surface area contributed by atoms with E-state index in [0.717, 1.165) is 11.1 Å². The lowest BCUT2D eigenvalue weighted by atomic mass is 10.0. The van der Waals surface area contributed by atoms with Crippen LogP contribution in [-0.4, -0.2) is 17.1 Å². The number of hydrogen-bond acceptors (Lipinski definition) is 3. The van der Waals surface area contributed by atoms with Crippen LogP contribution in [0.5, 0.6) is 0 Å². The maximum atomic E-state index is 12.7. The first-order valence-corrected chi connectivity index (χ1v) is 8.77. The van der Waals surface area contributed by atoms with Crippen molar-refractivity contribution in [3.8, 4) is 0 Å². The Labute approximate surface area is 158 Å². The Morgan fingerprint density at radius 1 is 1.12 bits per heavy atom. The van der Waals surface area contributed by atoms with Gasteiger partial charge in [0.15, 0.2) is 5.11 Å². The molecule has 0 aromatic heterocycles. The molecule has 1 atom stereocenters. The van der Waals surface area contributed by atoms with Crippen LogP contribution in [0.25, 0.3) is 6.08 Å². The Balaban J connectivity index is 1.76. The summed E-state index contributed by atoms with van der Waals surface area (Å²) >= 11 is 5.23. The van der Waals surface area contributed by atoms with Gasteiger partial charge < -0.3 is 15.4 Å². The van der Waals surface area contributed by atoms with Gasteiger partial charge in [-0.05, 0) is 30.3 Å². The third-order valence-corrected chi connectivity index (χ3v) is 4.24. The number of thiocarbonyl (C=S) groups is 1. The molecule has 132 valence electrons. The molecule has 2 aromatic rings. The maximum absolute atomic E-state index is 12.7. The van der Waals surface area contributed by atoms with Gasteiger partial charge in [-0.2, -0.15) is 0 Å². The fourth-order valence-corrected chi connectivity index (χ4v) is 3.00. The zero-order chi connectivity index (χ0) is 18.4. The van der Waals surface area contributed by atoms with Crippen molar-refractivity contribution < 1.29 is 9.53 Å². The molecule has 0 spiro atoms. The van der Waals surface area contributed by atoms with Gasteiger partial charge in [-0.25, -0.2) is 4.79 Å². The highest BCUT2D eigenvalue weighted by Gasteiger charge is 2.27. The first-order chi connectivity index (χ1) is 12.6. The third kappa shape index (κ3) is 4.58. The summed E-state index contributed by atoms with van der Waals surface area (Å²) in [6.45, 7) is 2.06. The van der Waals surface area contributed by atoms with Gasteiger partial charge in [0.1, 0.15) is 6.61 Å². The molecule has 0 bridgehead atoms. The highest BCUT2D eigenvalue weighted by molar-refractivity contribution is 7.80. The molecule has 2 N–H and O–H groups in total. The number of benzene rings is 2. The van der Waals surface area contributed by atoms with E-state index >= 15 is 0 Å². The molecule has 0 amide bonds. The Morgan fingerprint density at radius 3 is 2.46 bits per heavy atom. The van der Waals surface area contributed by atoms with Crippen LogP contribution in [0.1, 0.15) is 18.1 Å². The Morgan fingerprint density at radius 2 is 1.77 bits per heavy atom. The molecule has 1 heterocycles. The number of ether oxygens (including phenoxy) is 1. The minimum Gasteiger partial charge on any atom is -0.457 e. The molecule has 5 heteroatoms. The summed E-state index contributed by atoms with van der Waals surface area (Å²) in [5, 5.41) is 6.61. The molecule has 4 nitrogen and oxygen atoms in total. The lowest BCUT2D eigenvalue weighted by Gasteiger charge is -2.27. The van der Waals surface area contributed by atoms with E-state index in [9.17, 15) is 4.79 Å². The van der Waals surface area contributed by atoms with Gasteiger partial charge in [0.05, 0.1) is 11.6 Å². The normalized spacial score (nSPS) is 17.0. The molecule has 0 radical (unpaired) electrons. The predicted octanol–water partition coefficient (Wildman–Crippen LogP) is 3.56. The third-order valence-electron chi connectivity index (χ3n) is 4.02. The molecule has 0 saturated carbocycles. The van der Waals surface area contributed by atoms with Crippen LogP contribution >= 0.6 is 12.2 Å². The van der Waals surface area contributed by atoms with E-state index in [0.29, 0.717) is 16.4 Å². The van der Waals surface area contributed by atoms with E-state index < -0.39 is 0 Å². The molecule has 3 rings (SSSR count). The molecular formula is C21H20N2O2S. The standard InChI is InChI=1S/C21H20N2O2S/c1-15-19(20(24)25-14-17-10-6-3-7-11-17)18(23-21(26)22-15)13-12-16-8-4-2-5-9-16/h2-13,18H,14H2,1H3,(H2,22,23,26)/b13-12+/t18-/m0/s1. The largest absolute Gasteiger partial charge is 0.457 e. The second kappa shape index (κ2) is 8.45. The molecule has 0 saturated heterocycles. The molecule has 0 fully saturated rings. The topological polar surface area (TPSA) is 50.4 Å². The Kier molecular flexibility index (Phi) is 5.81. The lowest BCUT2D eigenvalue weighted by molar-refractivity contribution is -0.140. The van der Waals surface area contributed by atoms with E-state index in [1.54, 1.807) is 0 Å². The van der Waals surface area contributed by atoms with Crippen LogP contribution in [0.2, 0.25) is 0 Å². The summed E-state index contributed by atoms with van der Waals surface area (Å²) in [5.41, 5.74) is 3.23. The van der Waals surface area contributed by atoms with Gasteiger partial charge in [-0.1, -0.05) is 72.8 Å². The number of esters is 1. The van der Waals surface area contributed by atoms with E-state index in [1.807, 2.05) is 79.7 Å². The van der Waals surface area contributed by atoms with Crippen molar-refractivity contribution in [3.05, 3.63) is 89.1 Å². The summed E-state index contributed by atoms with van der Waals surface area (Å²) in [6, 6.07) is 19.2. The molecule has 26 heavy (non-hydrogen) atoms. The van der Waals surface area contributed by atoms with E-state index in [4.69, 9.17) is 17.0 Å². The highest BCUT2D eigenvalue weighted by atomic mass is 32.1. The minimum atomic E-state index is -0.364. The van der Waals surface area contributed by atoms with E-state index in [1.165, 1.54) is 0 Å². The smallest absolute Gasteiger partial charge is 0.338 e. The number of rotatable bonds is 5. The molecule has 1 aliphatic rings. The molecular weight excluding hydrogens is 344 g/mol. The fourth-order valence-electron chi connectivity index (χ4n) is 2.72. The van der Waals surface area contributed by atoms with Crippen LogP contribution in [0.3, 0.4) is 0 Å². The molecule has 1 aliphatic heterocycles. The predicted molar refractivity (Wildman–Crippen MR) is 107 cm³/mol. The van der Waals surface area contributed by atoms with Crippen molar-refractivity contribution in [2.75, 3.05) is 0 Å². The Bertz CT molecular complexity index is 845. The number of carbonyl (C=O) groups is 1. The maximum Gasteiger partial charge on any atom is 0.338 e. The molecule has 0 aliphatic carbocycles. The van der Waals surface area contributed by atoms with Crippen molar-refractivity contribution in [3.63, 3.8) is 0 Å². The summed E-state index contributed by atoms with van der Waals surface area (Å²) in [6.07, 6.45) is 3.88. The number of allylic oxidation sites excluding steroid dienone is 1. The number of hydrogen-bond donors (Lipinski definition) is 2. The first-order valence-electron chi connectivity index (χ1n) is 8.36. The average Bonchev–Trinajstić information content (AvgIpc) is 2.66. The second-order valence-corrected chi connectivity index (χ2v) is 6.35. The van der Waals surface area contributed by atoms with Crippen molar-refractivity contribution >= 4 is 29.4 Å². The van der Waals surface area contributed by atoms with Gasteiger partial charge in [-0.3, -0.25) is 0 Å². The first kappa shape index (κ1) is 17.9. The van der Waals surface area contributed by atoms with Crippen molar-refractivity contribution in [2.24, 2.45) is 0 Å². The summed E-state index contributed by atoms with van der Waals surface area (Å²) in [4.78, 5) is 12.7. The minimum absolute atomic E-state index is 0.232. The van der Waals surface area contributed by atoms with Gasteiger partial charge in [-0.15, -0.1) is 0 Å². The zero-order valence-corrected chi connectivity index (χ0v) is 15.3. The summed E-state index contributed by atoms with van der Waals surface area (Å²) in [5.74, 6) is -0.364. The summed E-state index contributed by atoms with van der Waals surface area (Å²) in [7, 11) is 0. The summed E-state index contributed by atoms with van der Waals surface area (Å²) < 4.78 is 5.50. The second-order valence-electron chi connectivity index (χ2n) is 5.95. The van der Waals surface area contributed by atoms with Crippen LogP contribution in [0.15, 0.2) is 78.0 Å². The van der Waals surface area contributed by atoms with Crippen LogP contribution in [0, 0.1) is 0 Å². The van der Waals surface area contributed by atoms with Crippen molar-refractivity contribution in [1.82, 2.24) is 10.6 Å². The van der Waals surface area contributed by atoms with Gasteiger partial charge in [0.25, 0.3) is 0 Å². The monoisotopic (exact) mass is 364 g/mol. The lowest BCUT2D eigenvalue weighted by Crippen LogP contribution is -2.48. The highest BCUT2D eigenvalue weighted by Crippen LogP contribution is 2.17. The van der Waals surface area contributed by atoms with Crippen LogP contribution < -0.4 is 10.6 Å². The zero-order valence-electron chi connectivity index (χ0n) is 14.4. The fraction of sp³-hybridized carbons (Fsp3) is 0.143. The quantitative estimate of drug-likeness (QED) is 0.628. The van der Waals surface area contributed by atoms with Gasteiger partial charge >= 0.3 is 5.97 Å².